The maximum absolute atomic E-state index is 11.8. The molecule has 2 rings (SSSR count). The number of halogens is 1. The van der Waals surface area contributed by atoms with Gasteiger partial charge in [-0.15, -0.1) is 11.8 Å². The number of Topliss-reactive ketones (excluding diaryl/α,β-unsaturated/α-hetero) is 1. The van der Waals surface area contributed by atoms with E-state index in [1.54, 1.807) is 18.7 Å². The Balaban J connectivity index is 1.62. The highest BCUT2D eigenvalue weighted by atomic mass is 35.5. The van der Waals surface area contributed by atoms with E-state index in [1.807, 2.05) is 48.5 Å². The van der Waals surface area contributed by atoms with Crippen molar-refractivity contribution >= 4 is 35.1 Å². The van der Waals surface area contributed by atoms with Crippen molar-refractivity contribution in [1.29, 1.82) is 0 Å². The number of ether oxygens (including phenoxy) is 1. The molecule has 1 amide bonds. The van der Waals surface area contributed by atoms with Crippen molar-refractivity contribution in [2.75, 3.05) is 18.9 Å². The molecule has 1 N–H and O–H groups in total. The molecule has 0 spiro atoms. The quantitative estimate of drug-likeness (QED) is 0.488. The van der Waals surface area contributed by atoms with Gasteiger partial charge in [0.05, 0.1) is 0 Å². The van der Waals surface area contributed by atoms with Crippen LogP contribution in [0.4, 0.5) is 0 Å². The first-order valence-electron chi connectivity index (χ1n) is 8.39. The van der Waals surface area contributed by atoms with Crippen LogP contribution < -0.4 is 10.1 Å². The summed E-state index contributed by atoms with van der Waals surface area (Å²) in [7, 11) is 0. The van der Waals surface area contributed by atoms with Crippen molar-refractivity contribution < 1.29 is 14.3 Å². The zero-order valence-corrected chi connectivity index (χ0v) is 16.2. The molecular formula is C20H22ClNO3S. The van der Waals surface area contributed by atoms with Crippen LogP contribution in [-0.4, -0.2) is 30.6 Å². The third-order valence-electron chi connectivity index (χ3n) is 3.57. The lowest BCUT2D eigenvalue weighted by Crippen LogP contribution is -2.30. The van der Waals surface area contributed by atoms with Gasteiger partial charge in [-0.05, 0) is 55.3 Å². The van der Waals surface area contributed by atoms with Crippen molar-refractivity contribution in [3.05, 3.63) is 59.1 Å². The van der Waals surface area contributed by atoms with Crippen LogP contribution in [0.2, 0.25) is 5.02 Å². The summed E-state index contributed by atoms with van der Waals surface area (Å²) < 4.78 is 5.48. The second-order valence-electron chi connectivity index (χ2n) is 5.79. The third-order valence-corrected chi connectivity index (χ3v) is 4.83. The van der Waals surface area contributed by atoms with E-state index in [2.05, 4.69) is 5.32 Å². The summed E-state index contributed by atoms with van der Waals surface area (Å²) in [6.45, 7) is 2.14. The van der Waals surface area contributed by atoms with Crippen LogP contribution in [0.5, 0.6) is 5.75 Å². The Bertz CT molecular complexity index is 717. The molecule has 6 heteroatoms. The molecule has 0 aromatic heterocycles. The third kappa shape index (κ3) is 7.93. The summed E-state index contributed by atoms with van der Waals surface area (Å²) >= 11 is 7.50. The minimum Gasteiger partial charge on any atom is -0.484 e. The second-order valence-corrected chi connectivity index (χ2v) is 7.39. The highest BCUT2D eigenvalue weighted by Crippen LogP contribution is 2.19. The average molecular weight is 392 g/mol. The molecule has 0 heterocycles. The number of rotatable bonds is 10. The largest absolute Gasteiger partial charge is 0.484 e. The molecule has 2 aromatic carbocycles. The van der Waals surface area contributed by atoms with E-state index in [9.17, 15) is 9.59 Å². The maximum atomic E-state index is 11.8. The normalized spacial score (nSPS) is 10.4. The van der Waals surface area contributed by atoms with Crippen LogP contribution in [-0.2, 0) is 16.0 Å². The first-order chi connectivity index (χ1) is 12.5. The minimum absolute atomic E-state index is 0.0155. The van der Waals surface area contributed by atoms with Gasteiger partial charge < -0.3 is 14.8 Å². The summed E-state index contributed by atoms with van der Waals surface area (Å²) in [5.41, 5.74) is 1.08. The highest BCUT2D eigenvalue weighted by Gasteiger charge is 2.03. The zero-order valence-electron chi connectivity index (χ0n) is 14.7. The number of thioether (sulfide) groups is 1. The number of hydrogen-bond donors (Lipinski definition) is 1. The fourth-order valence-electron chi connectivity index (χ4n) is 2.16. The molecule has 2 aromatic rings. The van der Waals surface area contributed by atoms with Crippen molar-refractivity contribution in [3.8, 4) is 5.75 Å². The molecule has 0 radical (unpaired) electrons. The van der Waals surface area contributed by atoms with Crippen LogP contribution in [0.15, 0.2) is 53.4 Å². The number of carbonyl (C=O) groups excluding carboxylic acids is 2. The summed E-state index contributed by atoms with van der Waals surface area (Å²) in [5, 5.41) is 3.54. The molecule has 0 aliphatic rings. The highest BCUT2D eigenvalue weighted by molar-refractivity contribution is 7.99. The number of benzene rings is 2. The van der Waals surface area contributed by atoms with Crippen LogP contribution in [0.25, 0.3) is 0 Å². The van der Waals surface area contributed by atoms with Crippen LogP contribution in [0.1, 0.15) is 18.9 Å². The van der Waals surface area contributed by atoms with Gasteiger partial charge in [-0.2, -0.15) is 0 Å². The van der Waals surface area contributed by atoms with E-state index in [0.29, 0.717) is 23.7 Å². The standard InChI is InChI=1S/C20H22ClNO3S/c1-15(23)2-3-16-4-8-18(9-5-16)25-14-20(24)22-12-13-26-19-10-6-17(21)7-11-19/h4-11H,2-3,12-14H2,1H3,(H,22,24). The molecule has 26 heavy (non-hydrogen) atoms. The van der Waals surface area contributed by atoms with Gasteiger partial charge in [0, 0.05) is 28.6 Å². The summed E-state index contributed by atoms with van der Waals surface area (Å²) in [6.07, 6.45) is 1.26. The van der Waals surface area contributed by atoms with Gasteiger partial charge in [-0.3, -0.25) is 4.79 Å². The fourth-order valence-corrected chi connectivity index (χ4v) is 3.06. The number of ketones is 1. The van der Waals surface area contributed by atoms with Gasteiger partial charge in [-0.25, -0.2) is 0 Å². The molecule has 0 aliphatic heterocycles. The van der Waals surface area contributed by atoms with Crippen molar-refractivity contribution in [2.24, 2.45) is 0 Å². The van der Waals surface area contributed by atoms with Crippen LogP contribution in [0, 0.1) is 0 Å². The van der Waals surface area contributed by atoms with Gasteiger partial charge in [0.25, 0.3) is 5.91 Å². The van der Waals surface area contributed by atoms with Crippen LogP contribution >= 0.6 is 23.4 Å². The van der Waals surface area contributed by atoms with Crippen molar-refractivity contribution in [3.63, 3.8) is 0 Å². The lowest BCUT2D eigenvalue weighted by atomic mass is 10.1. The van der Waals surface area contributed by atoms with Gasteiger partial charge in [0.15, 0.2) is 6.61 Å². The number of amides is 1. The first kappa shape index (κ1) is 20.3. The smallest absolute Gasteiger partial charge is 0.257 e. The number of aryl methyl sites for hydroxylation is 1. The van der Waals surface area contributed by atoms with Crippen LogP contribution in [0.3, 0.4) is 0 Å². The van der Waals surface area contributed by atoms with Gasteiger partial charge >= 0.3 is 0 Å². The average Bonchev–Trinajstić information content (AvgIpc) is 2.64. The lowest BCUT2D eigenvalue weighted by Gasteiger charge is -2.08. The summed E-state index contributed by atoms with van der Waals surface area (Å²) in [5.74, 6) is 1.44. The monoisotopic (exact) mass is 391 g/mol. The van der Waals surface area contributed by atoms with E-state index in [4.69, 9.17) is 16.3 Å². The predicted octanol–water partition coefficient (Wildman–Crippen LogP) is 4.15. The first-order valence-corrected chi connectivity index (χ1v) is 9.75. The summed E-state index contributed by atoms with van der Waals surface area (Å²) in [6, 6.07) is 15.1. The molecule has 0 saturated heterocycles. The van der Waals surface area contributed by atoms with Gasteiger partial charge in [0.1, 0.15) is 11.5 Å². The number of nitrogens with one attached hydrogen (secondary N) is 1. The summed E-state index contributed by atoms with van der Waals surface area (Å²) in [4.78, 5) is 23.9. The van der Waals surface area contributed by atoms with Crippen molar-refractivity contribution in [2.45, 2.75) is 24.7 Å². The molecular weight excluding hydrogens is 370 g/mol. The zero-order chi connectivity index (χ0) is 18.8. The molecule has 0 saturated carbocycles. The molecule has 138 valence electrons. The number of carbonyl (C=O) groups is 2. The Morgan fingerprint density at radius 1 is 1.08 bits per heavy atom. The number of hydrogen-bond acceptors (Lipinski definition) is 4. The lowest BCUT2D eigenvalue weighted by molar-refractivity contribution is -0.123. The second kappa shape index (κ2) is 10.9. The van der Waals surface area contributed by atoms with E-state index in [1.165, 1.54) is 0 Å². The van der Waals surface area contributed by atoms with E-state index in [0.717, 1.165) is 22.6 Å². The Hall–Kier alpha value is -1.98. The van der Waals surface area contributed by atoms with Gasteiger partial charge in [-0.1, -0.05) is 23.7 Å². The molecule has 0 fully saturated rings. The molecule has 0 aliphatic carbocycles. The van der Waals surface area contributed by atoms with E-state index >= 15 is 0 Å². The Kier molecular flexibility index (Phi) is 8.51. The molecule has 0 atom stereocenters. The Morgan fingerprint density at radius 2 is 1.77 bits per heavy atom. The van der Waals surface area contributed by atoms with E-state index < -0.39 is 0 Å². The topological polar surface area (TPSA) is 55.4 Å². The molecule has 0 bridgehead atoms. The maximum Gasteiger partial charge on any atom is 0.257 e. The Labute approximate surface area is 163 Å². The molecule has 0 unspecified atom stereocenters. The molecule has 4 nitrogen and oxygen atoms in total. The minimum atomic E-state index is -0.151. The van der Waals surface area contributed by atoms with Gasteiger partial charge in [0.2, 0.25) is 0 Å². The fraction of sp³-hybridized carbons (Fsp3) is 0.300. The Morgan fingerprint density at radius 3 is 2.42 bits per heavy atom. The SMILES string of the molecule is CC(=O)CCc1ccc(OCC(=O)NCCSc2ccc(Cl)cc2)cc1. The van der Waals surface area contributed by atoms with E-state index in [-0.39, 0.29) is 18.3 Å². The predicted molar refractivity (Wildman–Crippen MR) is 106 cm³/mol. The van der Waals surface area contributed by atoms with Crippen molar-refractivity contribution in [1.82, 2.24) is 5.32 Å².